The van der Waals surface area contributed by atoms with Gasteiger partial charge in [0.25, 0.3) is 0 Å². The largest absolute Gasteiger partial charge is 2.00 e. The fraction of sp³-hybridized carbons (Fsp3) is 0.579. The van der Waals surface area contributed by atoms with Gasteiger partial charge in [-0.3, -0.25) is 20.2 Å². The Balaban J connectivity index is -0.000000177. The SMILES string of the molecule is CC(C)=NC(=O)NO.CC(C)=NC(=O)NO.CC(CN(CC(=O)[O-])CC(=O)[O-])N(CC(=O)[O-])CC(=O)[O-].[Mn+2].[Mn]. The number of carboxylic acid groups (broad SMARTS) is 4. The summed E-state index contributed by atoms with van der Waals surface area (Å²) in [5.41, 5.74) is 3.96. The zero-order chi connectivity index (χ0) is 29.7. The molecule has 18 nitrogen and oxygen atoms in total. The topological polar surface area (TPSA) is 290 Å². The average molecular weight is 644 g/mol. The molecule has 0 aliphatic rings. The van der Waals surface area contributed by atoms with Crippen LogP contribution in [0.25, 0.3) is 0 Å². The van der Waals surface area contributed by atoms with Gasteiger partial charge in [-0.2, -0.15) is 0 Å². The molecular formula is C19H30Mn2N6O12-2. The molecule has 0 aliphatic heterocycles. The normalized spacial score (nSPS) is 9.87. The van der Waals surface area contributed by atoms with E-state index in [4.69, 9.17) is 10.4 Å². The number of carbonyl (C=O) groups excluding carboxylic acids is 6. The number of nitrogens with one attached hydrogen (secondary N) is 2. The predicted molar refractivity (Wildman–Crippen MR) is 116 cm³/mol. The quantitative estimate of drug-likeness (QED) is 0.0705. The molecular weight excluding hydrogens is 614 g/mol. The molecule has 0 fully saturated rings. The number of hydrogen-bond donors (Lipinski definition) is 4. The molecule has 20 heteroatoms. The Morgan fingerprint density at radius 3 is 1.15 bits per heavy atom. The molecule has 1 unspecified atom stereocenters. The third kappa shape index (κ3) is 35.0. The van der Waals surface area contributed by atoms with Crippen molar-refractivity contribution < 1.29 is 93.7 Å². The number of rotatable bonds is 11. The van der Waals surface area contributed by atoms with E-state index in [1.165, 1.54) is 17.9 Å². The Morgan fingerprint density at radius 1 is 0.692 bits per heavy atom. The van der Waals surface area contributed by atoms with Crippen molar-refractivity contribution in [3.63, 3.8) is 0 Å². The maximum atomic E-state index is 10.5. The van der Waals surface area contributed by atoms with Crippen molar-refractivity contribution in [1.82, 2.24) is 20.8 Å². The van der Waals surface area contributed by atoms with Crippen LogP contribution in [0.3, 0.4) is 0 Å². The van der Waals surface area contributed by atoms with Crippen LogP contribution in [0.4, 0.5) is 9.59 Å². The second kappa shape index (κ2) is 26.6. The minimum absolute atomic E-state index is 0. The van der Waals surface area contributed by atoms with Gasteiger partial charge in [0.15, 0.2) is 0 Å². The third-order valence-corrected chi connectivity index (χ3v) is 3.36. The first kappa shape index (κ1) is 45.9. The summed E-state index contributed by atoms with van der Waals surface area (Å²) in [6, 6.07) is -2.24. The number of aliphatic imine (C=N–C) groups is 2. The first-order chi connectivity index (χ1) is 16.9. The summed E-state index contributed by atoms with van der Waals surface area (Å²) in [5.74, 6) is -6.13. The number of hydrogen-bond acceptors (Lipinski definition) is 14. The molecule has 1 atom stereocenters. The number of carboxylic acids is 4. The van der Waals surface area contributed by atoms with Crippen LogP contribution in [0.1, 0.15) is 34.6 Å². The number of amides is 4. The van der Waals surface area contributed by atoms with Gasteiger partial charge in [0.2, 0.25) is 0 Å². The summed E-state index contributed by atoms with van der Waals surface area (Å²) >= 11 is 0. The molecule has 4 N–H and O–H groups in total. The molecule has 0 heterocycles. The van der Waals surface area contributed by atoms with E-state index in [9.17, 15) is 49.2 Å². The van der Waals surface area contributed by atoms with Crippen LogP contribution >= 0.6 is 0 Å². The van der Waals surface area contributed by atoms with E-state index in [-0.39, 0.29) is 40.7 Å². The monoisotopic (exact) mass is 644 g/mol. The molecule has 0 saturated carbocycles. The van der Waals surface area contributed by atoms with Crippen molar-refractivity contribution in [2.24, 2.45) is 9.98 Å². The second-order valence-corrected chi connectivity index (χ2v) is 7.36. The van der Waals surface area contributed by atoms with E-state index < -0.39 is 68.2 Å². The summed E-state index contributed by atoms with van der Waals surface area (Å²) in [6.45, 7) is 4.95. The number of hydroxylamine groups is 2. The molecule has 0 aromatic heterocycles. The van der Waals surface area contributed by atoms with Gasteiger partial charge in [-0.25, -0.2) is 30.5 Å². The molecule has 0 rings (SSSR count). The van der Waals surface area contributed by atoms with Crippen molar-refractivity contribution >= 4 is 47.4 Å². The minimum Gasteiger partial charge on any atom is -0.549 e. The third-order valence-electron chi connectivity index (χ3n) is 3.36. The Morgan fingerprint density at radius 2 is 0.974 bits per heavy atom. The Kier molecular flexibility index (Phi) is 31.4. The fourth-order valence-electron chi connectivity index (χ4n) is 2.19. The Labute approximate surface area is 245 Å². The number of carbonyl (C=O) groups is 6. The van der Waals surface area contributed by atoms with Crippen molar-refractivity contribution in [3.05, 3.63) is 0 Å². The fourth-order valence-corrected chi connectivity index (χ4v) is 2.19. The number of urea groups is 2. The molecule has 2 radical (unpaired) electrons. The molecule has 0 aromatic carbocycles. The smallest absolute Gasteiger partial charge is 0.549 e. The van der Waals surface area contributed by atoms with Gasteiger partial charge in [-0.1, -0.05) is 0 Å². The van der Waals surface area contributed by atoms with Gasteiger partial charge in [-0.05, 0) is 34.6 Å². The molecule has 0 spiro atoms. The van der Waals surface area contributed by atoms with Gasteiger partial charge in [-0.15, -0.1) is 0 Å². The van der Waals surface area contributed by atoms with E-state index in [2.05, 4.69) is 9.98 Å². The maximum Gasteiger partial charge on any atom is 2.00 e. The van der Waals surface area contributed by atoms with E-state index in [1.807, 2.05) is 0 Å². The minimum atomic E-state index is -1.53. The van der Waals surface area contributed by atoms with Gasteiger partial charge in [0, 0.05) is 67.3 Å². The van der Waals surface area contributed by atoms with Crippen LogP contribution < -0.4 is 31.4 Å². The van der Waals surface area contributed by atoms with Gasteiger partial charge in [0.1, 0.15) is 0 Å². The van der Waals surface area contributed by atoms with E-state index >= 15 is 0 Å². The second-order valence-electron chi connectivity index (χ2n) is 7.36. The van der Waals surface area contributed by atoms with Crippen molar-refractivity contribution in [1.29, 1.82) is 0 Å². The average Bonchev–Trinajstić information content (AvgIpc) is 2.71. The van der Waals surface area contributed by atoms with Gasteiger partial charge < -0.3 is 39.6 Å². The molecule has 0 bridgehead atoms. The van der Waals surface area contributed by atoms with Crippen molar-refractivity contribution in [3.8, 4) is 0 Å². The summed E-state index contributed by atoms with van der Waals surface area (Å²) < 4.78 is 0. The van der Waals surface area contributed by atoms with Crippen molar-refractivity contribution in [2.75, 3.05) is 32.7 Å². The van der Waals surface area contributed by atoms with E-state index in [0.29, 0.717) is 11.4 Å². The summed E-state index contributed by atoms with van der Waals surface area (Å²) in [6.07, 6.45) is 0. The molecule has 4 amide bonds. The first-order valence-corrected chi connectivity index (χ1v) is 10.1. The number of nitrogens with zero attached hydrogens (tertiary/aromatic N) is 4. The predicted octanol–water partition coefficient (Wildman–Crippen LogP) is -5.89. The molecule has 224 valence electrons. The summed E-state index contributed by atoms with van der Waals surface area (Å²) in [7, 11) is 0. The van der Waals surface area contributed by atoms with Crippen molar-refractivity contribution in [2.45, 2.75) is 40.7 Å². The van der Waals surface area contributed by atoms with Crippen LogP contribution in [0, 0.1) is 0 Å². The van der Waals surface area contributed by atoms with E-state index in [1.54, 1.807) is 27.7 Å². The Bertz CT molecular complexity index is 787. The van der Waals surface area contributed by atoms with Gasteiger partial charge in [0.05, 0.1) is 23.9 Å². The molecule has 0 aliphatic carbocycles. The van der Waals surface area contributed by atoms with Crippen LogP contribution in [0.5, 0.6) is 0 Å². The van der Waals surface area contributed by atoms with Crippen LogP contribution in [0.2, 0.25) is 0 Å². The zero-order valence-corrected chi connectivity index (χ0v) is 24.0. The van der Waals surface area contributed by atoms with Crippen LogP contribution in [0.15, 0.2) is 9.98 Å². The van der Waals surface area contributed by atoms with Crippen LogP contribution in [-0.4, -0.2) is 106 Å². The zero-order valence-electron chi connectivity index (χ0n) is 21.6. The number of aliphatic carboxylic acids is 4. The molecule has 39 heavy (non-hydrogen) atoms. The standard InChI is InChI=1S/C11H18N2O8.2C4H8N2O2.2Mn/c1-7(13(5-10(18)19)6-11(20)21)2-12(3-8(14)15)4-9(16)17;2*1-3(2)5-4(7)6-8;;/h7H,2-6H2,1H3,(H,14,15)(H,16,17)(H,18,19)(H,20,21);2*8H,1-2H3,(H,6,7);;/q;;;;+2/p-4. The first-order valence-electron chi connectivity index (χ1n) is 10.1. The van der Waals surface area contributed by atoms with Crippen LogP contribution in [-0.2, 0) is 53.3 Å². The maximum absolute atomic E-state index is 10.5. The summed E-state index contributed by atoms with van der Waals surface area (Å²) in [4.78, 5) is 70.8. The van der Waals surface area contributed by atoms with Gasteiger partial charge >= 0.3 is 29.1 Å². The Hall–Kier alpha value is -2.96. The molecule has 0 saturated heterocycles. The van der Waals surface area contributed by atoms with E-state index in [0.717, 1.165) is 9.80 Å². The summed E-state index contributed by atoms with van der Waals surface area (Å²) in [5, 5.41) is 57.9. The molecule has 0 aromatic rings.